The molecule has 6 nitrogen and oxygen atoms in total. The van der Waals surface area contributed by atoms with E-state index in [1.165, 1.54) is 0 Å². The van der Waals surface area contributed by atoms with Gasteiger partial charge in [0.05, 0.1) is 17.7 Å². The number of hydrogen-bond acceptors (Lipinski definition) is 4. The second-order valence-electron chi connectivity index (χ2n) is 5.54. The minimum Gasteiger partial charge on any atom is -0.493 e. The SMILES string of the molecule is CCCCOc1ccccc1C(=O)NC(=S)NNC(=O)c1ccccc1I. The molecule has 0 aliphatic heterocycles. The zero-order chi connectivity index (χ0) is 19.6. The summed E-state index contributed by atoms with van der Waals surface area (Å²) in [6.45, 7) is 2.60. The maximum Gasteiger partial charge on any atom is 0.270 e. The highest BCUT2D eigenvalue weighted by Crippen LogP contribution is 2.18. The van der Waals surface area contributed by atoms with E-state index in [4.69, 9.17) is 17.0 Å². The molecule has 142 valence electrons. The molecule has 2 rings (SSSR count). The van der Waals surface area contributed by atoms with E-state index in [0.717, 1.165) is 16.4 Å². The van der Waals surface area contributed by atoms with Crippen LogP contribution in [0.2, 0.25) is 0 Å². The molecule has 2 aromatic rings. The molecular weight excluding hydrogens is 477 g/mol. The molecular formula is C19H20IN3O3S. The first-order valence-corrected chi connectivity index (χ1v) is 9.89. The minimum atomic E-state index is -0.414. The van der Waals surface area contributed by atoms with Gasteiger partial charge in [0.2, 0.25) is 0 Å². The van der Waals surface area contributed by atoms with E-state index >= 15 is 0 Å². The van der Waals surface area contributed by atoms with Crippen LogP contribution in [-0.4, -0.2) is 23.5 Å². The van der Waals surface area contributed by atoms with Gasteiger partial charge in [-0.15, -0.1) is 0 Å². The highest BCUT2D eigenvalue weighted by Gasteiger charge is 2.14. The van der Waals surface area contributed by atoms with Gasteiger partial charge in [0.25, 0.3) is 11.8 Å². The molecule has 8 heteroatoms. The average molecular weight is 497 g/mol. The topological polar surface area (TPSA) is 79.5 Å². The summed E-state index contributed by atoms with van der Waals surface area (Å²) in [5.41, 5.74) is 5.89. The molecule has 0 fully saturated rings. The van der Waals surface area contributed by atoms with E-state index < -0.39 is 5.91 Å². The van der Waals surface area contributed by atoms with E-state index in [1.54, 1.807) is 36.4 Å². The van der Waals surface area contributed by atoms with E-state index in [0.29, 0.717) is 23.5 Å². The molecule has 0 saturated carbocycles. The third-order valence-corrected chi connectivity index (χ3v) is 4.67. The highest BCUT2D eigenvalue weighted by molar-refractivity contribution is 14.1. The first-order chi connectivity index (χ1) is 13.0. The van der Waals surface area contributed by atoms with Gasteiger partial charge in [-0.2, -0.15) is 0 Å². The maximum atomic E-state index is 12.4. The molecule has 27 heavy (non-hydrogen) atoms. The third-order valence-electron chi connectivity index (χ3n) is 3.52. The quantitative estimate of drug-likeness (QED) is 0.247. The Balaban J connectivity index is 1.91. The van der Waals surface area contributed by atoms with Crippen molar-refractivity contribution in [3.8, 4) is 5.75 Å². The lowest BCUT2D eigenvalue weighted by Crippen LogP contribution is -2.48. The number of nitrogens with one attached hydrogen (secondary N) is 3. The fourth-order valence-corrected chi connectivity index (χ4v) is 2.91. The lowest BCUT2D eigenvalue weighted by atomic mass is 10.2. The predicted octanol–water partition coefficient (Wildman–Crippen LogP) is 3.42. The fourth-order valence-electron chi connectivity index (χ4n) is 2.13. The largest absolute Gasteiger partial charge is 0.493 e. The number of amides is 2. The van der Waals surface area contributed by atoms with Gasteiger partial charge in [-0.3, -0.25) is 25.8 Å². The van der Waals surface area contributed by atoms with Crippen molar-refractivity contribution >= 4 is 51.7 Å². The molecule has 0 aliphatic rings. The number of carbonyl (C=O) groups excluding carboxylic acids is 2. The Labute approximate surface area is 177 Å². The highest BCUT2D eigenvalue weighted by atomic mass is 127. The average Bonchev–Trinajstić information content (AvgIpc) is 2.67. The van der Waals surface area contributed by atoms with Crippen molar-refractivity contribution in [2.75, 3.05) is 6.61 Å². The van der Waals surface area contributed by atoms with Crippen molar-refractivity contribution in [1.29, 1.82) is 0 Å². The van der Waals surface area contributed by atoms with Crippen LogP contribution in [0, 0.1) is 3.57 Å². The standard InChI is InChI=1S/C19H20IN3O3S/c1-2-3-12-26-16-11-7-5-9-14(16)17(24)21-19(27)23-22-18(25)13-8-4-6-10-15(13)20/h4-11H,2-3,12H2,1H3,(H,22,25)(H2,21,23,24,27). The van der Waals surface area contributed by atoms with E-state index in [2.05, 4.69) is 45.7 Å². The molecule has 2 aromatic carbocycles. The van der Waals surface area contributed by atoms with E-state index in [9.17, 15) is 9.59 Å². The summed E-state index contributed by atoms with van der Waals surface area (Å²) in [5, 5.41) is 2.52. The lowest BCUT2D eigenvalue weighted by molar-refractivity contribution is 0.0933. The lowest BCUT2D eigenvalue weighted by Gasteiger charge is -2.13. The van der Waals surface area contributed by atoms with Gasteiger partial charge in [-0.05, 0) is 65.5 Å². The number of hydrogen-bond donors (Lipinski definition) is 3. The van der Waals surface area contributed by atoms with Crippen LogP contribution in [0.25, 0.3) is 0 Å². The van der Waals surface area contributed by atoms with Crippen molar-refractivity contribution < 1.29 is 14.3 Å². The Hall–Kier alpha value is -2.20. The number of halogens is 1. The number of ether oxygens (including phenoxy) is 1. The van der Waals surface area contributed by atoms with Crippen LogP contribution in [0.5, 0.6) is 5.75 Å². The molecule has 3 N–H and O–H groups in total. The Kier molecular flexibility index (Phi) is 8.46. The number of rotatable bonds is 6. The summed E-state index contributed by atoms with van der Waals surface area (Å²) in [5.74, 6) is -0.267. The number of carbonyl (C=O) groups is 2. The van der Waals surface area contributed by atoms with Gasteiger partial charge >= 0.3 is 0 Å². The third kappa shape index (κ3) is 6.47. The molecule has 0 atom stereocenters. The molecule has 0 unspecified atom stereocenters. The Morgan fingerprint density at radius 2 is 1.67 bits per heavy atom. The van der Waals surface area contributed by atoms with Crippen LogP contribution < -0.4 is 20.9 Å². The minimum absolute atomic E-state index is 0.0114. The number of thiocarbonyl (C=S) groups is 1. The van der Waals surface area contributed by atoms with Gasteiger partial charge in [0.1, 0.15) is 5.75 Å². The molecule has 0 spiro atoms. The molecule has 0 aromatic heterocycles. The van der Waals surface area contributed by atoms with Crippen molar-refractivity contribution in [2.24, 2.45) is 0 Å². The van der Waals surface area contributed by atoms with Crippen molar-refractivity contribution in [3.63, 3.8) is 0 Å². The van der Waals surface area contributed by atoms with E-state index in [1.807, 2.05) is 12.1 Å². The summed E-state index contributed by atoms with van der Waals surface area (Å²) in [6, 6.07) is 14.1. The Morgan fingerprint density at radius 1 is 1.00 bits per heavy atom. The second-order valence-corrected chi connectivity index (χ2v) is 7.11. The number of unbranched alkanes of at least 4 members (excludes halogenated alkanes) is 1. The monoisotopic (exact) mass is 497 g/mol. The Bertz CT molecular complexity index is 829. The fraction of sp³-hybridized carbons (Fsp3) is 0.211. The van der Waals surface area contributed by atoms with Gasteiger partial charge in [0, 0.05) is 3.57 Å². The smallest absolute Gasteiger partial charge is 0.270 e. The Morgan fingerprint density at radius 3 is 2.37 bits per heavy atom. The van der Waals surface area contributed by atoms with Gasteiger partial charge < -0.3 is 4.74 Å². The van der Waals surface area contributed by atoms with Crippen LogP contribution in [0.3, 0.4) is 0 Å². The maximum absolute atomic E-state index is 12.4. The van der Waals surface area contributed by atoms with Crippen molar-refractivity contribution in [2.45, 2.75) is 19.8 Å². The van der Waals surface area contributed by atoms with E-state index in [-0.39, 0.29) is 11.0 Å². The molecule has 0 bridgehead atoms. The van der Waals surface area contributed by atoms with Crippen LogP contribution in [0.4, 0.5) is 0 Å². The van der Waals surface area contributed by atoms with Gasteiger partial charge in [-0.25, -0.2) is 0 Å². The van der Waals surface area contributed by atoms with Crippen LogP contribution in [0.1, 0.15) is 40.5 Å². The molecule has 2 amide bonds. The summed E-state index contributed by atoms with van der Waals surface area (Å²) in [6.07, 6.45) is 1.91. The first-order valence-electron chi connectivity index (χ1n) is 8.41. The van der Waals surface area contributed by atoms with Crippen LogP contribution >= 0.6 is 34.8 Å². The molecule has 0 aliphatic carbocycles. The summed E-state index contributed by atoms with van der Waals surface area (Å²) in [7, 11) is 0. The summed E-state index contributed by atoms with van der Waals surface area (Å²) >= 11 is 7.15. The zero-order valence-corrected chi connectivity index (χ0v) is 17.7. The van der Waals surface area contributed by atoms with Crippen LogP contribution in [-0.2, 0) is 0 Å². The number of para-hydroxylation sites is 1. The second kappa shape index (κ2) is 10.8. The molecule has 0 saturated heterocycles. The first kappa shape index (κ1) is 21.1. The number of hydrazine groups is 1. The van der Waals surface area contributed by atoms with Gasteiger partial charge in [-0.1, -0.05) is 37.6 Å². The zero-order valence-electron chi connectivity index (χ0n) is 14.8. The summed E-state index contributed by atoms with van der Waals surface area (Å²) < 4.78 is 6.46. The van der Waals surface area contributed by atoms with Crippen molar-refractivity contribution in [1.82, 2.24) is 16.2 Å². The van der Waals surface area contributed by atoms with Gasteiger partial charge in [0.15, 0.2) is 5.11 Å². The van der Waals surface area contributed by atoms with Crippen LogP contribution in [0.15, 0.2) is 48.5 Å². The number of benzene rings is 2. The molecule has 0 radical (unpaired) electrons. The normalized spacial score (nSPS) is 10.0. The summed E-state index contributed by atoms with van der Waals surface area (Å²) in [4.78, 5) is 24.6. The predicted molar refractivity (Wildman–Crippen MR) is 117 cm³/mol. The molecule has 0 heterocycles. The van der Waals surface area contributed by atoms with Crippen molar-refractivity contribution in [3.05, 3.63) is 63.2 Å².